The van der Waals surface area contributed by atoms with E-state index in [9.17, 15) is 18.7 Å². The average Bonchev–Trinajstić information content (AvgIpc) is 2.43. The normalized spacial score (nSPS) is 19.9. The highest BCUT2D eigenvalue weighted by atomic mass is 19.3. The van der Waals surface area contributed by atoms with Crippen LogP contribution in [0.15, 0.2) is 0 Å². The van der Waals surface area contributed by atoms with Crippen LogP contribution >= 0.6 is 0 Å². The van der Waals surface area contributed by atoms with Crippen LogP contribution in [0.25, 0.3) is 0 Å². The van der Waals surface area contributed by atoms with Crippen molar-refractivity contribution >= 4 is 6.09 Å². The number of carbonyl (C=O) groups excluding carboxylic acids is 1. The van der Waals surface area contributed by atoms with Crippen molar-refractivity contribution in [3.8, 4) is 0 Å². The third-order valence-corrected chi connectivity index (χ3v) is 1.77. The van der Waals surface area contributed by atoms with E-state index < -0.39 is 24.5 Å². The summed E-state index contributed by atoms with van der Waals surface area (Å²) < 4.78 is 23.5. The van der Waals surface area contributed by atoms with E-state index >= 15 is 0 Å². The molecule has 1 amide bonds. The number of amides is 1. The van der Waals surface area contributed by atoms with Gasteiger partial charge in [-0.2, -0.15) is 0 Å². The molecule has 1 aliphatic rings. The molecule has 0 unspecified atom stereocenters. The lowest BCUT2D eigenvalue weighted by Crippen LogP contribution is -2.36. The van der Waals surface area contributed by atoms with Crippen molar-refractivity contribution in [3.63, 3.8) is 0 Å². The van der Waals surface area contributed by atoms with Crippen LogP contribution in [0.5, 0.6) is 0 Å². The number of carbonyl (C=O) groups is 1. The molecular formula is C6H8F2NO2. The molecule has 0 atom stereocenters. The number of hydrogen-bond donors (Lipinski definition) is 1. The van der Waals surface area contributed by atoms with Gasteiger partial charge in [0.05, 0.1) is 0 Å². The maximum absolute atomic E-state index is 11.8. The predicted molar refractivity (Wildman–Crippen MR) is 31.8 cm³/mol. The summed E-state index contributed by atoms with van der Waals surface area (Å²) in [6.45, 7) is 0. The number of hydrogen-bond acceptors (Lipinski definition) is 1. The fraction of sp³-hybridized carbons (Fsp3) is 0.833. The SMILES string of the molecule is [O]C(=O)NC1(CC(F)F)CC1. The quantitative estimate of drug-likeness (QED) is 0.671. The Morgan fingerprint density at radius 3 is 2.36 bits per heavy atom. The fourth-order valence-corrected chi connectivity index (χ4v) is 1.04. The molecule has 0 aromatic heterocycles. The van der Waals surface area contributed by atoms with Crippen LogP contribution in [0.4, 0.5) is 13.6 Å². The lowest BCUT2D eigenvalue weighted by atomic mass is 10.2. The molecule has 0 aromatic carbocycles. The van der Waals surface area contributed by atoms with E-state index in [1.165, 1.54) is 0 Å². The summed E-state index contributed by atoms with van der Waals surface area (Å²) in [6, 6.07) is 0. The molecule has 1 saturated carbocycles. The van der Waals surface area contributed by atoms with Gasteiger partial charge in [0.1, 0.15) is 0 Å². The Balaban J connectivity index is 2.35. The third kappa shape index (κ3) is 2.32. The molecule has 5 heteroatoms. The summed E-state index contributed by atoms with van der Waals surface area (Å²) in [5.41, 5.74) is -0.868. The maximum Gasteiger partial charge on any atom is 0.451 e. The van der Waals surface area contributed by atoms with Crippen LogP contribution in [0.3, 0.4) is 0 Å². The molecule has 0 aliphatic heterocycles. The van der Waals surface area contributed by atoms with E-state index in [2.05, 4.69) is 0 Å². The minimum atomic E-state index is -2.45. The van der Waals surface area contributed by atoms with Crippen molar-refractivity contribution in [2.75, 3.05) is 0 Å². The van der Waals surface area contributed by atoms with Gasteiger partial charge in [-0.05, 0) is 12.8 Å². The van der Waals surface area contributed by atoms with Crippen LogP contribution in [-0.4, -0.2) is 18.1 Å². The lowest BCUT2D eigenvalue weighted by molar-refractivity contribution is 0.111. The standard InChI is InChI=1S/C6H8F2NO2/c7-4(8)3-6(1-2-6)9-5(10)11/h4,9H,1-3H2. The Morgan fingerprint density at radius 2 is 2.09 bits per heavy atom. The van der Waals surface area contributed by atoms with Crippen LogP contribution in [0.2, 0.25) is 0 Å². The zero-order chi connectivity index (χ0) is 8.48. The Morgan fingerprint density at radius 1 is 1.55 bits per heavy atom. The first kappa shape index (κ1) is 8.23. The monoisotopic (exact) mass is 164 g/mol. The van der Waals surface area contributed by atoms with E-state index in [1.807, 2.05) is 5.32 Å². The number of nitrogens with one attached hydrogen (secondary N) is 1. The van der Waals surface area contributed by atoms with Gasteiger partial charge in [-0.1, -0.05) is 0 Å². The molecule has 0 spiro atoms. The minimum absolute atomic E-state index is 0.402. The second kappa shape index (κ2) is 2.64. The van der Waals surface area contributed by atoms with Crippen molar-refractivity contribution < 1.29 is 18.7 Å². The topological polar surface area (TPSA) is 49.0 Å². The van der Waals surface area contributed by atoms with Crippen molar-refractivity contribution in [1.29, 1.82) is 0 Å². The van der Waals surface area contributed by atoms with Gasteiger partial charge >= 0.3 is 6.09 Å². The molecule has 1 fully saturated rings. The molecule has 0 saturated heterocycles. The van der Waals surface area contributed by atoms with Gasteiger partial charge in [-0.25, -0.2) is 18.7 Å². The molecular weight excluding hydrogens is 156 g/mol. The number of halogens is 2. The molecule has 1 N–H and O–H groups in total. The maximum atomic E-state index is 11.8. The molecule has 0 bridgehead atoms. The molecule has 3 nitrogen and oxygen atoms in total. The van der Waals surface area contributed by atoms with Crippen LogP contribution in [0, 0.1) is 0 Å². The first-order valence-electron chi connectivity index (χ1n) is 3.31. The fourth-order valence-electron chi connectivity index (χ4n) is 1.04. The van der Waals surface area contributed by atoms with Gasteiger partial charge in [0.25, 0.3) is 0 Å². The summed E-state index contributed by atoms with van der Waals surface area (Å²) in [6.07, 6.45) is -3.34. The summed E-state index contributed by atoms with van der Waals surface area (Å²) in [4.78, 5) is 9.97. The molecule has 0 aromatic rings. The van der Waals surface area contributed by atoms with E-state index in [1.54, 1.807) is 0 Å². The van der Waals surface area contributed by atoms with E-state index in [0.717, 1.165) is 0 Å². The molecule has 63 valence electrons. The lowest BCUT2D eigenvalue weighted by Gasteiger charge is -2.12. The largest absolute Gasteiger partial charge is 0.451 e. The van der Waals surface area contributed by atoms with Crippen LogP contribution in [-0.2, 0) is 5.11 Å². The first-order chi connectivity index (χ1) is 5.04. The van der Waals surface area contributed by atoms with Crippen molar-refractivity contribution in [2.24, 2.45) is 0 Å². The van der Waals surface area contributed by atoms with Crippen LogP contribution in [0.1, 0.15) is 19.3 Å². The van der Waals surface area contributed by atoms with E-state index in [4.69, 9.17) is 0 Å². The zero-order valence-electron chi connectivity index (χ0n) is 5.77. The number of rotatable bonds is 3. The summed E-state index contributed by atoms with van der Waals surface area (Å²) >= 11 is 0. The molecule has 1 aliphatic carbocycles. The van der Waals surface area contributed by atoms with E-state index in [-0.39, 0.29) is 0 Å². The van der Waals surface area contributed by atoms with Crippen molar-refractivity contribution in [1.82, 2.24) is 5.32 Å². The highest BCUT2D eigenvalue weighted by molar-refractivity contribution is 5.65. The van der Waals surface area contributed by atoms with Crippen molar-refractivity contribution in [3.05, 3.63) is 0 Å². The second-order valence-corrected chi connectivity index (χ2v) is 2.79. The zero-order valence-corrected chi connectivity index (χ0v) is 5.77. The Kier molecular flexibility index (Phi) is 1.97. The van der Waals surface area contributed by atoms with Gasteiger partial charge in [0, 0.05) is 12.0 Å². The number of alkyl halides is 2. The smallest absolute Gasteiger partial charge is 0.313 e. The Bertz CT molecular complexity index is 168. The molecule has 1 rings (SSSR count). The summed E-state index contributed by atoms with van der Waals surface area (Å²) in [5.74, 6) is 0. The Labute approximate surface area is 62.4 Å². The minimum Gasteiger partial charge on any atom is -0.313 e. The second-order valence-electron chi connectivity index (χ2n) is 2.79. The van der Waals surface area contributed by atoms with Crippen LogP contribution < -0.4 is 5.32 Å². The summed E-state index contributed by atoms with van der Waals surface area (Å²) in [5, 5.41) is 12.0. The highest BCUT2D eigenvalue weighted by Crippen LogP contribution is 2.40. The third-order valence-electron chi connectivity index (χ3n) is 1.77. The van der Waals surface area contributed by atoms with E-state index in [0.29, 0.717) is 12.8 Å². The molecule has 0 heterocycles. The first-order valence-corrected chi connectivity index (χ1v) is 3.31. The van der Waals surface area contributed by atoms with Gasteiger partial charge in [-0.3, -0.25) is 0 Å². The van der Waals surface area contributed by atoms with Gasteiger partial charge in [0.15, 0.2) is 0 Å². The van der Waals surface area contributed by atoms with Crippen molar-refractivity contribution in [2.45, 2.75) is 31.2 Å². The van der Waals surface area contributed by atoms with Gasteiger partial charge in [0.2, 0.25) is 6.43 Å². The molecule has 1 radical (unpaired) electrons. The molecule has 11 heavy (non-hydrogen) atoms. The van der Waals surface area contributed by atoms with Gasteiger partial charge < -0.3 is 5.32 Å². The van der Waals surface area contributed by atoms with Gasteiger partial charge in [-0.15, -0.1) is 0 Å². The Hall–Kier alpha value is -0.870. The summed E-state index contributed by atoms with van der Waals surface area (Å²) in [7, 11) is 0. The average molecular weight is 164 g/mol. The highest BCUT2D eigenvalue weighted by Gasteiger charge is 2.46. The predicted octanol–water partition coefficient (Wildman–Crippen LogP) is 1.31.